The molecule has 2 aromatic heterocycles. The van der Waals surface area contributed by atoms with E-state index in [1.807, 2.05) is 0 Å². The molecule has 2 aliphatic rings. The number of carbonyl (C=O) groups excluding carboxylic acids is 7. The number of ether oxygens (including phenoxy) is 1. The van der Waals surface area contributed by atoms with E-state index in [0.29, 0.717) is 38.5 Å². The number of aromatic nitrogens is 2. The monoisotopic (exact) mass is 1180 g/mol. The Morgan fingerprint density at radius 3 is 1.46 bits per heavy atom. The minimum Gasteiger partial charge on any atom is -0.478 e. The van der Waals surface area contributed by atoms with Crippen LogP contribution in [-0.2, 0) is 61.3 Å². The Bertz CT molecular complexity index is 3440. The van der Waals surface area contributed by atoms with Gasteiger partial charge in [-0.2, -0.15) is 0 Å². The molecule has 6 aromatic rings. The maximum absolute atomic E-state index is 14.5. The molecular formula is C59H64Cl2F4N6O11. The minimum atomic E-state index is -1.43. The highest BCUT2D eigenvalue weighted by atomic mass is 35.5. The first kappa shape index (κ1) is 63.6. The van der Waals surface area contributed by atoms with E-state index in [-0.39, 0.29) is 96.8 Å². The molecule has 2 saturated heterocycles. The fraction of sp³-hybridized carbons (Fsp3) is 0.390. The molecule has 4 atom stereocenters. The van der Waals surface area contributed by atoms with Crippen LogP contribution in [-0.4, -0.2) is 125 Å². The van der Waals surface area contributed by atoms with Crippen molar-refractivity contribution in [2.45, 2.75) is 136 Å². The van der Waals surface area contributed by atoms with E-state index < -0.39 is 82.8 Å². The highest BCUT2D eigenvalue weighted by molar-refractivity contribution is 6.31. The first-order chi connectivity index (χ1) is 38.3. The number of nitrogens with one attached hydrogen (secondary N) is 2. The minimum absolute atomic E-state index is 0.00708. The standard InChI is InChI=1S/C30H32ClF2N3O5.C25H22ClF2N3O5.C4H10O/c1-17(37)22-15-35(24-10-18(8-9-21(22)24)11-27(39)41-30(2,3)4)16-26(38)36-14-20(32)12-25(36)29(40)34-13-19-6-5-7-23(31)28(19)33;1-13(32)18-11-30(20-7-14(25(35)36)5-6-17(18)20)12-22(33)31-10-16(27)8-21(31)24(34)29-9-15-3-2-4-19(26)23(15)28;1-4(2,3)5/h5-10,15,20,25H,11-14,16H2,1-4H3,(H,34,40);2-7,11,16,21H,8-10,12H2,1H3,(H,29,34)(H,35,36);5H,1-3H3/t20-,25+;16-,21+;/m11./s1. The number of ketones is 2. The second kappa shape index (κ2) is 26.5. The number of rotatable bonds is 15. The molecule has 0 spiro atoms. The van der Waals surface area contributed by atoms with Crippen molar-refractivity contribution in [3.63, 3.8) is 0 Å². The second-order valence-electron chi connectivity index (χ2n) is 21.9. The van der Waals surface area contributed by atoms with Crippen LogP contribution in [0.5, 0.6) is 0 Å². The summed E-state index contributed by atoms with van der Waals surface area (Å²) in [6, 6.07) is 15.9. The number of carboxylic acid groups (broad SMARTS) is 1. The SMILES string of the molecule is CC(=O)c1cn(CC(=O)N2C[C@H](F)C[C@H]2C(=O)NCc2cccc(Cl)c2F)c2cc(C(=O)O)ccc12.CC(=O)c1cn(CC(=O)N2C[C@H](F)C[C@H]2C(=O)NCc2cccc(Cl)c2F)c2cc(CC(=O)OC(C)(C)C)ccc12.CC(C)(C)O. The maximum atomic E-state index is 14.5. The number of carbonyl (C=O) groups is 8. The number of aliphatic hydroxyl groups is 1. The second-order valence-corrected chi connectivity index (χ2v) is 22.7. The molecule has 4 amide bonds. The van der Waals surface area contributed by atoms with Crippen LogP contribution >= 0.6 is 23.2 Å². The van der Waals surface area contributed by atoms with Gasteiger partial charge >= 0.3 is 11.9 Å². The molecule has 0 saturated carbocycles. The predicted octanol–water partition coefficient (Wildman–Crippen LogP) is 9.14. The molecule has 438 valence electrons. The lowest BCUT2D eigenvalue weighted by Gasteiger charge is -2.24. The number of hydrogen-bond acceptors (Lipinski definition) is 10. The smallest absolute Gasteiger partial charge is 0.335 e. The summed E-state index contributed by atoms with van der Waals surface area (Å²) in [5, 5.41) is 23.8. The molecule has 8 rings (SSSR count). The molecule has 0 bridgehead atoms. The Morgan fingerprint density at radius 2 is 1.06 bits per heavy atom. The van der Waals surface area contributed by atoms with Crippen molar-refractivity contribution in [3.8, 4) is 0 Å². The summed E-state index contributed by atoms with van der Waals surface area (Å²) >= 11 is 11.6. The number of aromatic carboxylic acids is 1. The van der Waals surface area contributed by atoms with E-state index in [0.717, 1.165) is 9.80 Å². The van der Waals surface area contributed by atoms with Crippen molar-refractivity contribution in [2.75, 3.05) is 13.1 Å². The van der Waals surface area contributed by atoms with Crippen molar-refractivity contribution in [1.29, 1.82) is 0 Å². The van der Waals surface area contributed by atoms with Crippen LogP contribution in [0.3, 0.4) is 0 Å². The highest BCUT2D eigenvalue weighted by Gasteiger charge is 2.41. The summed E-state index contributed by atoms with van der Waals surface area (Å²) in [5.41, 5.74) is 1.34. The van der Waals surface area contributed by atoms with Gasteiger partial charge in [0.25, 0.3) is 0 Å². The topological polar surface area (TPSA) is 227 Å². The average Bonchev–Trinajstić information content (AvgIpc) is 3.30. The summed E-state index contributed by atoms with van der Waals surface area (Å²) in [7, 11) is 0. The molecule has 0 radical (unpaired) electrons. The Labute approximate surface area is 480 Å². The zero-order valence-corrected chi connectivity index (χ0v) is 47.9. The van der Waals surface area contributed by atoms with E-state index >= 15 is 0 Å². The zero-order chi connectivity index (χ0) is 60.7. The van der Waals surface area contributed by atoms with Crippen LogP contribution in [0.25, 0.3) is 21.8 Å². The molecular weight excluding hydrogens is 1120 g/mol. The van der Waals surface area contributed by atoms with Crippen LogP contribution in [0.4, 0.5) is 17.6 Å². The van der Waals surface area contributed by atoms with Crippen LogP contribution in [0, 0.1) is 11.6 Å². The number of carboxylic acids is 1. The maximum Gasteiger partial charge on any atom is 0.335 e. The third kappa shape index (κ3) is 16.5. The fourth-order valence-electron chi connectivity index (χ4n) is 9.30. The molecule has 2 fully saturated rings. The molecule has 23 heteroatoms. The number of hydrogen-bond donors (Lipinski definition) is 4. The van der Waals surface area contributed by atoms with E-state index in [2.05, 4.69) is 10.6 Å². The van der Waals surface area contributed by atoms with E-state index in [1.54, 1.807) is 76.6 Å². The molecule has 4 N–H and O–H groups in total. The average molecular weight is 1180 g/mol. The molecule has 2 aliphatic heterocycles. The third-order valence-electron chi connectivity index (χ3n) is 12.9. The Hall–Kier alpha value is -7.62. The third-order valence-corrected chi connectivity index (χ3v) is 13.5. The lowest BCUT2D eigenvalue weighted by molar-refractivity contribution is -0.154. The van der Waals surface area contributed by atoms with Crippen molar-refractivity contribution < 1.29 is 70.9 Å². The first-order valence-corrected chi connectivity index (χ1v) is 26.8. The van der Waals surface area contributed by atoms with Gasteiger partial charge in [0.2, 0.25) is 23.6 Å². The lowest BCUT2D eigenvalue weighted by Crippen LogP contribution is -2.46. The number of esters is 1. The summed E-state index contributed by atoms with van der Waals surface area (Å²) in [6.07, 6.45) is -0.274. The predicted molar refractivity (Wildman–Crippen MR) is 299 cm³/mol. The number of nitrogens with zero attached hydrogens (tertiary/aromatic N) is 4. The number of alkyl halides is 2. The van der Waals surface area contributed by atoms with Gasteiger partial charge in [0.1, 0.15) is 54.8 Å². The van der Waals surface area contributed by atoms with Crippen molar-refractivity contribution >= 4 is 92.1 Å². The molecule has 0 unspecified atom stereocenters. The van der Waals surface area contributed by atoms with Gasteiger partial charge in [0, 0.05) is 76.9 Å². The van der Waals surface area contributed by atoms with E-state index in [4.69, 9.17) is 33.0 Å². The van der Waals surface area contributed by atoms with Gasteiger partial charge in [-0.05, 0) is 91.3 Å². The number of Topliss-reactive ketones (excluding diaryl/α,β-unsaturated/α-hetero) is 2. The molecule has 4 aromatic carbocycles. The van der Waals surface area contributed by atoms with Crippen LogP contribution in [0.2, 0.25) is 10.0 Å². The molecule has 17 nitrogen and oxygen atoms in total. The quantitative estimate of drug-likeness (QED) is 0.0431. The summed E-state index contributed by atoms with van der Waals surface area (Å²) in [6.45, 7) is 11.8. The number of benzene rings is 4. The van der Waals surface area contributed by atoms with Crippen molar-refractivity contribution in [1.82, 2.24) is 29.6 Å². The lowest BCUT2D eigenvalue weighted by atomic mass is 10.1. The van der Waals surface area contributed by atoms with Gasteiger partial charge < -0.3 is 44.5 Å². The molecule has 82 heavy (non-hydrogen) atoms. The molecule has 0 aliphatic carbocycles. The first-order valence-electron chi connectivity index (χ1n) is 26.0. The van der Waals surface area contributed by atoms with Crippen molar-refractivity contribution in [3.05, 3.63) is 140 Å². The van der Waals surface area contributed by atoms with Gasteiger partial charge in [0.05, 0.1) is 46.2 Å². The summed E-state index contributed by atoms with van der Waals surface area (Å²) < 4.78 is 65.5. The number of fused-ring (bicyclic) bond motifs is 2. The van der Waals surface area contributed by atoms with Gasteiger partial charge in [-0.3, -0.25) is 33.6 Å². The number of halogens is 6. The normalized spacial score (nSPS) is 16.9. The summed E-state index contributed by atoms with van der Waals surface area (Å²) in [5.74, 6) is -5.78. The van der Waals surface area contributed by atoms with Gasteiger partial charge in [-0.1, -0.05) is 65.7 Å². The van der Waals surface area contributed by atoms with E-state index in [9.17, 15) is 61.0 Å². The molecule has 4 heterocycles. The van der Waals surface area contributed by atoms with Gasteiger partial charge in [0.15, 0.2) is 11.6 Å². The van der Waals surface area contributed by atoms with E-state index in [1.165, 1.54) is 73.1 Å². The highest BCUT2D eigenvalue weighted by Crippen LogP contribution is 2.29. The van der Waals surface area contributed by atoms with Crippen LogP contribution < -0.4 is 10.6 Å². The Morgan fingerprint density at radius 1 is 0.646 bits per heavy atom. The van der Waals surface area contributed by atoms with Gasteiger partial charge in [-0.15, -0.1) is 0 Å². The van der Waals surface area contributed by atoms with Crippen LogP contribution in [0.1, 0.15) is 116 Å². The largest absolute Gasteiger partial charge is 0.478 e. The summed E-state index contributed by atoms with van der Waals surface area (Å²) in [4.78, 5) is 103. The van der Waals surface area contributed by atoms with Crippen LogP contribution in [0.15, 0.2) is 85.2 Å². The fourth-order valence-corrected chi connectivity index (χ4v) is 9.69. The van der Waals surface area contributed by atoms with Gasteiger partial charge in [-0.25, -0.2) is 22.4 Å². The Kier molecular flexibility index (Phi) is 20.6. The number of likely N-dealkylation sites (tertiary alicyclic amines) is 2. The van der Waals surface area contributed by atoms with Crippen molar-refractivity contribution in [2.24, 2.45) is 0 Å². The Balaban J connectivity index is 0.000000245. The number of amides is 4. The zero-order valence-electron chi connectivity index (χ0n) is 46.4.